The Morgan fingerprint density at radius 3 is 2.40 bits per heavy atom. The molecular weight excluding hydrogens is 453 g/mol. The molecule has 0 aliphatic heterocycles. The fraction of sp³-hybridized carbons (Fsp3) is 0.0800. The van der Waals surface area contributed by atoms with Crippen LogP contribution in [0, 0.1) is 5.82 Å². The predicted octanol–water partition coefficient (Wildman–Crippen LogP) is 4.02. The minimum atomic E-state index is -0.597. The number of rotatable bonds is 6. The highest BCUT2D eigenvalue weighted by molar-refractivity contribution is 6.02. The summed E-state index contributed by atoms with van der Waals surface area (Å²) in [5.74, 6) is -1.32. The van der Waals surface area contributed by atoms with Crippen LogP contribution in [0.1, 0.15) is 17.3 Å². The van der Waals surface area contributed by atoms with Gasteiger partial charge in [-0.05, 0) is 49.4 Å². The number of amides is 3. The lowest BCUT2D eigenvalue weighted by Gasteiger charge is -2.10. The predicted molar refractivity (Wildman–Crippen MR) is 130 cm³/mol. The van der Waals surface area contributed by atoms with E-state index in [2.05, 4.69) is 20.9 Å². The van der Waals surface area contributed by atoms with Crippen molar-refractivity contribution in [1.29, 1.82) is 0 Å². The van der Waals surface area contributed by atoms with Crippen LogP contribution in [0.15, 0.2) is 77.9 Å². The number of Topliss-reactive ketones (excluding diaryl/α,β-unsaturated/α-hetero) is 1. The number of urea groups is 1. The highest BCUT2D eigenvalue weighted by Gasteiger charge is 2.12. The topological polar surface area (TPSA) is 122 Å². The molecule has 1 heterocycles. The van der Waals surface area contributed by atoms with E-state index >= 15 is 0 Å². The van der Waals surface area contributed by atoms with Crippen molar-refractivity contribution < 1.29 is 18.8 Å². The van der Waals surface area contributed by atoms with Gasteiger partial charge in [0.2, 0.25) is 5.91 Å². The molecule has 176 valence electrons. The SMILES string of the molecule is CC(=O)c1cccc(NC(=O)Nc2ccc3ncn(CC(=O)Nc4ccccc4F)c(=O)c3c2)c1. The van der Waals surface area contributed by atoms with Crippen LogP contribution < -0.4 is 21.5 Å². The van der Waals surface area contributed by atoms with Gasteiger partial charge in [0.05, 0.1) is 22.9 Å². The van der Waals surface area contributed by atoms with E-state index in [1.807, 2.05) is 0 Å². The number of nitrogens with zero attached hydrogens (tertiary/aromatic N) is 2. The van der Waals surface area contributed by atoms with Crippen molar-refractivity contribution in [1.82, 2.24) is 9.55 Å². The van der Waals surface area contributed by atoms with Crippen molar-refractivity contribution in [2.75, 3.05) is 16.0 Å². The van der Waals surface area contributed by atoms with E-state index in [1.165, 1.54) is 37.5 Å². The number of ketones is 1. The molecular formula is C25H20FN5O4. The smallest absolute Gasteiger partial charge is 0.322 e. The summed E-state index contributed by atoms with van der Waals surface area (Å²) in [6, 6.07) is 16.2. The minimum absolute atomic E-state index is 0.00522. The van der Waals surface area contributed by atoms with Gasteiger partial charge < -0.3 is 16.0 Å². The quantitative estimate of drug-likeness (QED) is 0.365. The number of nitrogens with one attached hydrogen (secondary N) is 3. The number of carbonyl (C=O) groups is 3. The van der Waals surface area contributed by atoms with Crippen LogP contribution in [0.3, 0.4) is 0 Å². The van der Waals surface area contributed by atoms with Crippen molar-refractivity contribution in [2.45, 2.75) is 13.5 Å². The number of benzene rings is 3. The van der Waals surface area contributed by atoms with Crippen molar-refractivity contribution in [3.63, 3.8) is 0 Å². The standard InChI is InChI=1S/C25H20FN5O4/c1-15(32)16-5-4-6-17(11-16)28-25(35)29-18-9-10-21-19(12-18)24(34)31(14-27-21)13-23(33)30-22-8-3-2-7-20(22)26/h2-12,14H,13H2,1H3,(H,30,33)(H2,28,29,35). The molecule has 3 N–H and O–H groups in total. The summed E-state index contributed by atoms with van der Waals surface area (Å²) in [4.78, 5) is 53.4. The van der Waals surface area contributed by atoms with Gasteiger partial charge in [-0.25, -0.2) is 14.2 Å². The molecule has 0 radical (unpaired) electrons. The zero-order chi connectivity index (χ0) is 24.9. The lowest BCUT2D eigenvalue weighted by atomic mass is 10.1. The second-order valence-electron chi connectivity index (χ2n) is 7.65. The summed E-state index contributed by atoms with van der Waals surface area (Å²) in [5, 5.41) is 7.86. The Morgan fingerprint density at radius 1 is 0.914 bits per heavy atom. The molecule has 1 aromatic heterocycles. The molecule has 35 heavy (non-hydrogen) atoms. The van der Waals surface area contributed by atoms with Crippen LogP contribution in [0.5, 0.6) is 0 Å². The van der Waals surface area contributed by atoms with E-state index in [0.29, 0.717) is 22.5 Å². The van der Waals surface area contributed by atoms with Crippen LogP contribution in [0.2, 0.25) is 0 Å². The number of hydrogen-bond donors (Lipinski definition) is 3. The maximum atomic E-state index is 13.8. The Morgan fingerprint density at radius 2 is 1.66 bits per heavy atom. The third-order valence-corrected chi connectivity index (χ3v) is 5.07. The van der Waals surface area contributed by atoms with Crippen LogP contribution >= 0.6 is 0 Å². The van der Waals surface area contributed by atoms with Crippen molar-refractivity contribution in [3.8, 4) is 0 Å². The summed E-state index contributed by atoms with van der Waals surface area (Å²) in [7, 11) is 0. The molecule has 0 fully saturated rings. The highest BCUT2D eigenvalue weighted by Crippen LogP contribution is 2.17. The molecule has 0 saturated carbocycles. The molecule has 10 heteroatoms. The Balaban J connectivity index is 1.49. The van der Waals surface area contributed by atoms with Gasteiger partial charge in [-0.1, -0.05) is 24.3 Å². The summed E-state index contributed by atoms with van der Waals surface area (Å²) in [5.41, 5.74) is 1.09. The molecule has 0 atom stereocenters. The van der Waals surface area contributed by atoms with Crippen LogP contribution in [-0.2, 0) is 11.3 Å². The van der Waals surface area contributed by atoms with Gasteiger partial charge in [-0.2, -0.15) is 0 Å². The number of anilines is 3. The number of carbonyl (C=O) groups excluding carboxylic acids is 3. The average Bonchev–Trinajstić information content (AvgIpc) is 2.83. The van der Waals surface area contributed by atoms with Gasteiger partial charge in [0, 0.05) is 16.9 Å². The maximum Gasteiger partial charge on any atom is 0.323 e. The first-order chi connectivity index (χ1) is 16.8. The highest BCUT2D eigenvalue weighted by atomic mass is 19.1. The zero-order valence-electron chi connectivity index (χ0n) is 18.5. The summed E-state index contributed by atoms with van der Waals surface area (Å²) >= 11 is 0. The average molecular weight is 473 g/mol. The lowest BCUT2D eigenvalue weighted by Crippen LogP contribution is -2.28. The van der Waals surface area contributed by atoms with E-state index in [-0.39, 0.29) is 23.4 Å². The van der Waals surface area contributed by atoms with Gasteiger partial charge in [0.1, 0.15) is 12.4 Å². The van der Waals surface area contributed by atoms with Crippen molar-refractivity contribution >= 4 is 45.7 Å². The lowest BCUT2D eigenvalue weighted by molar-refractivity contribution is -0.116. The molecule has 0 aliphatic rings. The summed E-state index contributed by atoms with van der Waals surface area (Å²) < 4.78 is 14.9. The van der Waals surface area contributed by atoms with E-state index < -0.39 is 23.3 Å². The van der Waals surface area contributed by atoms with Crippen molar-refractivity contribution in [2.24, 2.45) is 0 Å². The molecule has 3 aromatic carbocycles. The Labute approximate surface area is 198 Å². The Bertz CT molecular complexity index is 1520. The first kappa shape index (κ1) is 23.3. The molecule has 0 unspecified atom stereocenters. The molecule has 0 aliphatic carbocycles. The maximum absolute atomic E-state index is 13.8. The van der Waals surface area contributed by atoms with E-state index in [1.54, 1.807) is 42.5 Å². The minimum Gasteiger partial charge on any atom is -0.322 e. The fourth-order valence-electron chi connectivity index (χ4n) is 3.37. The fourth-order valence-corrected chi connectivity index (χ4v) is 3.37. The Kier molecular flexibility index (Phi) is 6.63. The summed E-state index contributed by atoms with van der Waals surface area (Å²) in [6.45, 7) is 1.05. The molecule has 3 amide bonds. The second kappa shape index (κ2) is 9.96. The van der Waals surface area contributed by atoms with E-state index in [4.69, 9.17) is 0 Å². The van der Waals surface area contributed by atoms with E-state index in [9.17, 15) is 23.6 Å². The second-order valence-corrected chi connectivity index (χ2v) is 7.65. The number of para-hydroxylation sites is 1. The first-order valence-corrected chi connectivity index (χ1v) is 10.5. The molecule has 0 saturated heterocycles. The number of aromatic nitrogens is 2. The molecule has 0 spiro atoms. The molecule has 4 rings (SSSR count). The first-order valence-electron chi connectivity index (χ1n) is 10.5. The van der Waals surface area contributed by atoms with Gasteiger partial charge >= 0.3 is 6.03 Å². The van der Waals surface area contributed by atoms with Crippen LogP contribution in [0.4, 0.5) is 26.2 Å². The monoisotopic (exact) mass is 473 g/mol. The largest absolute Gasteiger partial charge is 0.323 e. The zero-order valence-corrected chi connectivity index (χ0v) is 18.5. The van der Waals surface area contributed by atoms with Crippen molar-refractivity contribution in [3.05, 3.63) is 94.8 Å². The number of fused-ring (bicyclic) bond motifs is 1. The van der Waals surface area contributed by atoms with Gasteiger partial charge in [-0.3, -0.25) is 19.0 Å². The number of halogens is 1. The normalized spacial score (nSPS) is 10.6. The van der Waals surface area contributed by atoms with Gasteiger partial charge in [0.25, 0.3) is 5.56 Å². The Hall–Kier alpha value is -4.86. The van der Waals surface area contributed by atoms with Gasteiger partial charge in [-0.15, -0.1) is 0 Å². The van der Waals surface area contributed by atoms with E-state index in [0.717, 1.165) is 4.57 Å². The van der Waals surface area contributed by atoms with Crippen LogP contribution in [0.25, 0.3) is 10.9 Å². The third-order valence-electron chi connectivity index (χ3n) is 5.07. The molecule has 4 aromatic rings. The molecule has 0 bridgehead atoms. The molecule has 9 nitrogen and oxygen atoms in total. The van der Waals surface area contributed by atoms with Gasteiger partial charge in [0.15, 0.2) is 5.78 Å². The van der Waals surface area contributed by atoms with Crippen LogP contribution in [-0.4, -0.2) is 27.3 Å². The number of hydrogen-bond acceptors (Lipinski definition) is 5. The summed E-state index contributed by atoms with van der Waals surface area (Å²) in [6.07, 6.45) is 1.23. The third kappa shape index (κ3) is 5.56.